The largest absolute Gasteiger partial charge is 0.377 e. The minimum absolute atomic E-state index is 0.0891. The van der Waals surface area contributed by atoms with Gasteiger partial charge in [-0.2, -0.15) is 0 Å². The number of hydrogen-bond donors (Lipinski definition) is 0. The van der Waals surface area contributed by atoms with Crippen molar-refractivity contribution in [1.29, 1.82) is 0 Å². The molecule has 0 aliphatic rings. The molecule has 0 saturated carbocycles. The Kier molecular flexibility index (Phi) is 2.86. The summed E-state index contributed by atoms with van der Waals surface area (Å²) in [5.74, 6) is 0. The van der Waals surface area contributed by atoms with Gasteiger partial charge in [-0.1, -0.05) is 12.7 Å². The maximum absolute atomic E-state index is 10.7. The molecule has 0 saturated heterocycles. The van der Waals surface area contributed by atoms with E-state index in [2.05, 4.69) is 6.58 Å². The Bertz CT molecular complexity index is 372. The van der Waals surface area contributed by atoms with Crippen molar-refractivity contribution in [2.45, 2.75) is 0 Å². The molecule has 4 nitrogen and oxygen atoms in total. The molecule has 0 atom stereocenters. The number of nitro groups is 1. The molecule has 0 spiro atoms. The van der Waals surface area contributed by atoms with Gasteiger partial charge in [0.15, 0.2) is 0 Å². The van der Waals surface area contributed by atoms with Gasteiger partial charge in [0.1, 0.15) is 0 Å². The zero-order valence-corrected chi connectivity index (χ0v) is 8.23. The van der Waals surface area contributed by atoms with Crippen molar-refractivity contribution < 1.29 is 4.92 Å². The molecule has 0 amide bonds. The van der Waals surface area contributed by atoms with Crippen molar-refractivity contribution in [3.8, 4) is 0 Å². The fraction of sp³-hybridized carbons (Fsp3) is 0.200. The van der Waals surface area contributed by atoms with Crippen LogP contribution in [0.5, 0.6) is 0 Å². The highest BCUT2D eigenvalue weighted by Crippen LogP contribution is 2.25. The molecule has 0 aliphatic heterocycles. The van der Waals surface area contributed by atoms with Crippen LogP contribution in [0.15, 0.2) is 24.8 Å². The second-order valence-electron chi connectivity index (χ2n) is 3.10. The smallest absolute Gasteiger partial charge is 0.278 e. The monoisotopic (exact) mass is 192 g/mol. The number of anilines is 1. The van der Waals surface area contributed by atoms with E-state index in [1.54, 1.807) is 6.07 Å². The third kappa shape index (κ3) is 1.90. The molecule has 1 aromatic rings. The first kappa shape index (κ1) is 10.2. The number of rotatable bonds is 3. The van der Waals surface area contributed by atoms with Crippen LogP contribution < -0.4 is 4.90 Å². The van der Waals surface area contributed by atoms with E-state index in [0.717, 1.165) is 5.69 Å². The zero-order valence-electron chi connectivity index (χ0n) is 8.23. The Morgan fingerprint density at radius 1 is 1.50 bits per heavy atom. The lowest BCUT2D eigenvalue weighted by molar-refractivity contribution is -0.385. The van der Waals surface area contributed by atoms with Crippen LogP contribution in [0.4, 0.5) is 11.4 Å². The number of hydrogen-bond acceptors (Lipinski definition) is 3. The summed E-state index contributed by atoms with van der Waals surface area (Å²) in [6.45, 7) is 3.53. The van der Waals surface area contributed by atoms with Gasteiger partial charge in [0.25, 0.3) is 5.69 Å². The van der Waals surface area contributed by atoms with Crippen LogP contribution in [-0.4, -0.2) is 19.0 Å². The molecule has 1 aromatic carbocycles. The number of benzene rings is 1. The summed E-state index contributed by atoms with van der Waals surface area (Å²) in [5.41, 5.74) is 1.44. The highest BCUT2D eigenvalue weighted by atomic mass is 16.6. The van der Waals surface area contributed by atoms with E-state index in [4.69, 9.17) is 0 Å². The normalized spacial score (nSPS) is 9.57. The van der Waals surface area contributed by atoms with Crippen molar-refractivity contribution >= 4 is 17.5 Å². The minimum Gasteiger partial charge on any atom is -0.377 e. The molecular weight excluding hydrogens is 180 g/mol. The lowest BCUT2D eigenvalue weighted by atomic mass is 10.1. The van der Waals surface area contributed by atoms with E-state index < -0.39 is 4.92 Å². The van der Waals surface area contributed by atoms with E-state index in [9.17, 15) is 10.1 Å². The van der Waals surface area contributed by atoms with Crippen LogP contribution in [-0.2, 0) is 0 Å². The maximum atomic E-state index is 10.7. The highest BCUT2D eigenvalue weighted by Gasteiger charge is 2.12. The van der Waals surface area contributed by atoms with Crippen molar-refractivity contribution in [3.63, 3.8) is 0 Å². The Morgan fingerprint density at radius 2 is 2.14 bits per heavy atom. The fourth-order valence-corrected chi connectivity index (χ4v) is 1.14. The summed E-state index contributed by atoms with van der Waals surface area (Å²) < 4.78 is 0. The molecular formula is C10H12N2O2. The van der Waals surface area contributed by atoms with Gasteiger partial charge in [0, 0.05) is 25.8 Å². The van der Waals surface area contributed by atoms with Gasteiger partial charge in [0.05, 0.1) is 10.5 Å². The second-order valence-corrected chi connectivity index (χ2v) is 3.10. The first-order valence-corrected chi connectivity index (χ1v) is 4.14. The molecule has 14 heavy (non-hydrogen) atoms. The minimum atomic E-state index is -0.399. The van der Waals surface area contributed by atoms with Gasteiger partial charge < -0.3 is 4.90 Å². The van der Waals surface area contributed by atoms with E-state index in [1.807, 2.05) is 25.1 Å². The Labute approximate surface area is 82.6 Å². The van der Waals surface area contributed by atoms with Crippen LogP contribution in [0.3, 0.4) is 0 Å². The number of nitro benzene ring substituents is 1. The number of nitrogens with zero attached hydrogens (tertiary/aromatic N) is 2. The predicted molar refractivity (Wildman–Crippen MR) is 57.5 cm³/mol. The first-order valence-electron chi connectivity index (χ1n) is 4.14. The van der Waals surface area contributed by atoms with Crippen LogP contribution >= 0.6 is 0 Å². The van der Waals surface area contributed by atoms with Gasteiger partial charge in [-0.15, -0.1) is 0 Å². The van der Waals surface area contributed by atoms with Crippen molar-refractivity contribution in [3.05, 3.63) is 40.5 Å². The van der Waals surface area contributed by atoms with Crippen LogP contribution in [0.2, 0.25) is 0 Å². The summed E-state index contributed by atoms with van der Waals surface area (Å²) in [4.78, 5) is 12.1. The zero-order chi connectivity index (χ0) is 10.7. The van der Waals surface area contributed by atoms with Gasteiger partial charge >= 0.3 is 0 Å². The van der Waals surface area contributed by atoms with E-state index >= 15 is 0 Å². The summed E-state index contributed by atoms with van der Waals surface area (Å²) in [6, 6.07) is 5.06. The molecule has 0 bridgehead atoms. The van der Waals surface area contributed by atoms with Crippen molar-refractivity contribution in [1.82, 2.24) is 0 Å². The third-order valence-electron chi connectivity index (χ3n) is 1.95. The van der Waals surface area contributed by atoms with E-state index in [1.165, 1.54) is 12.1 Å². The topological polar surface area (TPSA) is 46.4 Å². The fourth-order valence-electron chi connectivity index (χ4n) is 1.14. The van der Waals surface area contributed by atoms with Gasteiger partial charge in [-0.3, -0.25) is 10.1 Å². The molecule has 0 radical (unpaired) electrons. The predicted octanol–water partition coefficient (Wildman–Crippen LogP) is 2.30. The summed E-state index contributed by atoms with van der Waals surface area (Å²) >= 11 is 0. The van der Waals surface area contributed by atoms with Crippen molar-refractivity contribution in [2.24, 2.45) is 0 Å². The molecule has 74 valence electrons. The average Bonchev–Trinajstić information content (AvgIpc) is 2.16. The Balaban J connectivity index is 3.27. The summed E-state index contributed by atoms with van der Waals surface area (Å²) in [7, 11) is 3.68. The second kappa shape index (κ2) is 3.91. The Hall–Kier alpha value is -1.84. The van der Waals surface area contributed by atoms with Gasteiger partial charge in [-0.25, -0.2) is 0 Å². The van der Waals surface area contributed by atoms with Crippen LogP contribution in [0.1, 0.15) is 5.56 Å². The Morgan fingerprint density at radius 3 is 2.57 bits per heavy atom. The summed E-state index contributed by atoms with van der Waals surface area (Å²) in [5, 5.41) is 10.7. The lowest BCUT2D eigenvalue weighted by Gasteiger charge is -2.12. The van der Waals surface area contributed by atoms with E-state index in [-0.39, 0.29) is 5.69 Å². The standard InChI is InChI=1S/C10H12N2O2/c1-4-8-5-6-9(11(2)3)7-10(8)12(13)14/h4-7H,1H2,2-3H3. The van der Waals surface area contributed by atoms with Crippen molar-refractivity contribution in [2.75, 3.05) is 19.0 Å². The highest BCUT2D eigenvalue weighted by molar-refractivity contribution is 5.65. The molecule has 4 heteroatoms. The van der Waals surface area contributed by atoms with Crippen LogP contribution in [0, 0.1) is 10.1 Å². The summed E-state index contributed by atoms with van der Waals surface area (Å²) in [6.07, 6.45) is 1.48. The molecule has 0 N–H and O–H groups in total. The van der Waals surface area contributed by atoms with E-state index in [0.29, 0.717) is 5.56 Å². The maximum Gasteiger partial charge on any atom is 0.278 e. The molecule has 0 unspecified atom stereocenters. The SMILES string of the molecule is C=Cc1ccc(N(C)C)cc1[N+](=O)[O-]. The molecule has 0 aromatic heterocycles. The molecule has 0 fully saturated rings. The molecule has 0 aliphatic carbocycles. The van der Waals surface area contributed by atoms with Gasteiger partial charge in [0.2, 0.25) is 0 Å². The average molecular weight is 192 g/mol. The van der Waals surface area contributed by atoms with Gasteiger partial charge in [-0.05, 0) is 12.1 Å². The van der Waals surface area contributed by atoms with Crippen LogP contribution in [0.25, 0.3) is 6.08 Å². The first-order chi connectivity index (χ1) is 6.56. The third-order valence-corrected chi connectivity index (χ3v) is 1.95. The molecule has 1 rings (SSSR count). The lowest BCUT2D eigenvalue weighted by Crippen LogP contribution is -2.09. The molecule has 0 heterocycles. The quantitative estimate of drug-likeness (QED) is 0.545.